The first-order valence-electron chi connectivity index (χ1n) is 7.00. The molecule has 0 aliphatic heterocycles. The normalized spacial score (nSPS) is 14.2. The lowest BCUT2D eigenvalue weighted by atomic mass is 10.2. The predicted molar refractivity (Wildman–Crippen MR) is 79.9 cm³/mol. The number of hydrogen-bond acceptors (Lipinski definition) is 4. The first-order valence-corrected chi connectivity index (χ1v) is 7.00. The molecule has 0 spiro atoms. The van der Waals surface area contributed by atoms with Crippen LogP contribution in [-0.2, 0) is 13.6 Å². The number of benzene rings is 1. The second-order valence-electron chi connectivity index (χ2n) is 5.39. The van der Waals surface area contributed by atoms with Crippen LogP contribution >= 0.6 is 0 Å². The summed E-state index contributed by atoms with van der Waals surface area (Å²) in [5.74, 6) is 1.09. The summed E-state index contributed by atoms with van der Waals surface area (Å²) in [5.41, 5.74) is 2.72. The zero-order valence-electron chi connectivity index (χ0n) is 11.6. The standard InChI is InChI=1S/C15H20N4O/c1-19-7-6-13(18-19)10-17-14-8-12(4-5-15(14)20)16-9-11-2-3-11/h4-8,11,16-17,20H,2-3,9-10H2,1H3. The van der Waals surface area contributed by atoms with E-state index in [-0.39, 0.29) is 5.75 Å². The van der Waals surface area contributed by atoms with E-state index >= 15 is 0 Å². The third kappa shape index (κ3) is 3.23. The lowest BCUT2D eigenvalue weighted by Gasteiger charge is -2.11. The van der Waals surface area contributed by atoms with Gasteiger partial charge in [-0.1, -0.05) is 0 Å². The van der Waals surface area contributed by atoms with Gasteiger partial charge >= 0.3 is 0 Å². The molecule has 1 aromatic heterocycles. The average Bonchev–Trinajstić information content (AvgIpc) is 3.18. The Hall–Kier alpha value is -2.17. The minimum absolute atomic E-state index is 0.262. The first kappa shape index (κ1) is 12.8. The molecule has 1 aromatic carbocycles. The summed E-state index contributed by atoms with van der Waals surface area (Å²) >= 11 is 0. The highest BCUT2D eigenvalue weighted by Gasteiger charge is 2.20. The van der Waals surface area contributed by atoms with Crippen molar-refractivity contribution in [2.45, 2.75) is 19.4 Å². The van der Waals surface area contributed by atoms with Crippen LogP contribution in [0.5, 0.6) is 5.75 Å². The molecule has 3 N–H and O–H groups in total. The number of phenolic OH excluding ortho intramolecular Hbond substituents is 1. The van der Waals surface area contributed by atoms with Gasteiger partial charge in [0, 0.05) is 25.5 Å². The molecule has 0 atom stereocenters. The molecule has 0 saturated heterocycles. The lowest BCUT2D eigenvalue weighted by molar-refractivity contribution is 0.477. The maximum absolute atomic E-state index is 9.89. The van der Waals surface area contributed by atoms with E-state index in [2.05, 4.69) is 15.7 Å². The minimum atomic E-state index is 0.262. The second kappa shape index (κ2) is 5.45. The molecule has 5 heteroatoms. The number of nitrogens with zero attached hydrogens (tertiary/aromatic N) is 2. The molecule has 2 aromatic rings. The van der Waals surface area contributed by atoms with Gasteiger partial charge in [0.2, 0.25) is 0 Å². The Kier molecular flexibility index (Phi) is 3.50. The van der Waals surface area contributed by atoms with E-state index in [9.17, 15) is 5.11 Å². The fraction of sp³-hybridized carbons (Fsp3) is 0.400. The number of aromatic hydroxyl groups is 1. The molecule has 0 bridgehead atoms. The van der Waals surface area contributed by atoms with Crippen LogP contribution in [0.2, 0.25) is 0 Å². The number of aryl methyl sites for hydroxylation is 1. The number of phenols is 1. The van der Waals surface area contributed by atoms with Crippen molar-refractivity contribution < 1.29 is 5.11 Å². The molecule has 1 saturated carbocycles. The van der Waals surface area contributed by atoms with Gasteiger partial charge in [0.15, 0.2) is 0 Å². The average molecular weight is 272 g/mol. The highest BCUT2D eigenvalue weighted by atomic mass is 16.3. The van der Waals surface area contributed by atoms with Crippen molar-refractivity contribution in [2.24, 2.45) is 13.0 Å². The van der Waals surface area contributed by atoms with E-state index < -0.39 is 0 Å². The van der Waals surface area contributed by atoms with Crippen LogP contribution in [0.3, 0.4) is 0 Å². The van der Waals surface area contributed by atoms with Crippen LogP contribution in [0.15, 0.2) is 30.5 Å². The van der Waals surface area contributed by atoms with Gasteiger partial charge in [-0.25, -0.2) is 0 Å². The summed E-state index contributed by atoms with van der Waals surface area (Å²) in [6.07, 6.45) is 4.57. The number of hydrogen-bond donors (Lipinski definition) is 3. The molecule has 1 aliphatic carbocycles. The Morgan fingerprint density at radius 2 is 2.15 bits per heavy atom. The molecule has 106 valence electrons. The topological polar surface area (TPSA) is 62.1 Å². The van der Waals surface area contributed by atoms with Crippen LogP contribution in [0.1, 0.15) is 18.5 Å². The van der Waals surface area contributed by atoms with Gasteiger partial charge in [0.05, 0.1) is 17.9 Å². The molecular weight excluding hydrogens is 252 g/mol. The summed E-state index contributed by atoms with van der Waals surface area (Å²) in [6, 6.07) is 7.53. The Bertz CT molecular complexity index is 589. The molecule has 5 nitrogen and oxygen atoms in total. The fourth-order valence-corrected chi connectivity index (χ4v) is 2.12. The summed E-state index contributed by atoms with van der Waals surface area (Å²) in [4.78, 5) is 0. The maximum atomic E-state index is 9.89. The SMILES string of the molecule is Cn1ccc(CNc2cc(NCC3CC3)ccc2O)n1. The monoisotopic (exact) mass is 272 g/mol. The van der Waals surface area contributed by atoms with E-state index in [1.54, 1.807) is 10.7 Å². The molecule has 0 amide bonds. The third-order valence-corrected chi connectivity index (χ3v) is 3.52. The van der Waals surface area contributed by atoms with Crippen LogP contribution in [0.4, 0.5) is 11.4 Å². The maximum Gasteiger partial charge on any atom is 0.138 e. The highest BCUT2D eigenvalue weighted by molar-refractivity contribution is 5.64. The van der Waals surface area contributed by atoms with Gasteiger partial charge in [-0.2, -0.15) is 5.10 Å². The van der Waals surface area contributed by atoms with Crippen LogP contribution in [0, 0.1) is 5.92 Å². The number of rotatable bonds is 6. The van der Waals surface area contributed by atoms with Gasteiger partial charge in [-0.05, 0) is 43.0 Å². The van der Waals surface area contributed by atoms with Crippen molar-refractivity contribution in [1.82, 2.24) is 9.78 Å². The van der Waals surface area contributed by atoms with Gasteiger partial charge in [0.1, 0.15) is 5.75 Å². The Morgan fingerprint density at radius 1 is 1.30 bits per heavy atom. The van der Waals surface area contributed by atoms with E-state index in [4.69, 9.17) is 0 Å². The summed E-state index contributed by atoms with van der Waals surface area (Å²) in [5, 5.41) is 20.8. The molecular formula is C15H20N4O. The molecule has 1 heterocycles. The Labute approximate surface area is 118 Å². The number of anilines is 2. The smallest absolute Gasteiger partial charge is 0.138 e. The van der Waals surface area contributed by atoms with Gasteiger partial charge in [0.25, 0.3) is 0 Å². The Morgan fingerprint density at radius 3 is 2.85 bits per heavy atom. The predicted octanol–water partition coefficient (Wildman–Crippen LogP) is 2.56. The van der Waals surface area contributed by atoms with Crippen molar-refractivity contribution in [3.8, 4) is 5.75 Å². The Balaban J connectivity index is 1.62. The molecule has 20 heavy (non-hydrogen) atoms. The van der Waals surface area contributed by atoms with Crippen molar-refractivity contribution in [1.29, 1.82) is 0 Å². The molecule has 1 aliphatic rings. The van der Waals surface area contributed by atoms with E-state index in [0.29, 0.717) is 6.54 Å². The summed E-state index contributed by atoms with van der Waals surface area (Å²) < 4.78 is 1.77. The van der Waals surface area contributed by atoms with Crippen molar-refractivity contribution in [3.05, 3.63) is 36.2 Å². The first-order chi connectivity index (χ1) is 9.70. The van der Waals surface area contributed by atoms with E-state index in [0.717, 1.165) is 29.5 Å². The number of aromatic nitrogens is 2. The zero-order valence-corrected chi connectivity index (χ0v) is 11.6. The van der Waals surface area contributed by atoms with Gasteiger partial charge in [-0.15, -0.1) is 0 Å². The van der Waals surface area contributed by atoms with Gasteiger partial charge < -0.3 is 15.7 Å². The molecule has 0 unspecified atom stereocenters. The summed E-state index contributed by atoms with van der Waals surface area (Å²) in [7, 11) is 1.89. The van der Waals surface area contributed by atoms with Crippen LogP contribution < -0.4 is 10.6 Å². The van der Waals surface area contributed by atoms with Crippen LogP contribution in [-0.4, -0.2) is 21.4 Å². The second-order valence-corrected chi connectivity index (χ2v) is 5.39. The fourth-order valence-electron chi connectivity index (χ4n) is 2.12. The van der Waals surface area contributed by atoms with Crippen LogP contribution in [0.25, 0.3) is 0 Å². The third-order valence-electron chi connectivity index (χ3n) is 3.52. The summed E-state index contributed by atoms with van der Waals surface area (Å²) in [6.45, 7) is 1.62. The zero-order chi connectivity index (χ0) is 13.9. The van der Waals surface area contributed by atoms with Gasteiger partial charge in [-0.3, -0.25) is 4.68 Å². The quantitative estimate of drug-likeness (QED) is 0.558. The molecule has 1 fully saturated rings. The largest absolute Gasteiger partial charge is 0.506 e. The van der Waals surface area contributed by atoms with Crippen molar-refractivity contribution in [2.75, 3.05) is 17.2 Å². The van der Waals surface area contributed by atoms with E-state index in [1.165, 1.54) is 12.8 Å². The lowest BCUT2D eigenvalue weighted by Crippen LogP contribution is -2.05. The minimum Gasteiger partial charge on any atom is -0.506 e. The van der Waals surface area contributed by atoms with Crippen molar-refractivity contribution in [3.63, 3.8) is 0 Å². The molecule has 0 radical (unpaired) electrons. The highest BCUT2D eigenvalue weighted by Crippen LogP contribution is 2.31. The number of nitrogens with one attached hydrogen (secondary N) is 2. The van der Waals surface area contributed by atoms with Crippen molar-refractivity contribution >= 4 is 11.4 Å². The van der Waals surface area contributed by atoms with E-state index in [1.807, 2.05) is 31.4 Å². The molecule has 3 rings (SSSR count).